The third kappa shape index (κ3) is 9.54. The van der Waals surface area contributed by atoms with Gasteiger partial charge in [-0.1, -0.05) is 61.4 Å². The molecule has 3 aromatic rings. The van der Waals surface area contributed by atoms with Gasteiger partial charge in [-0.25, -0.2) is 28.0 Å². The molecule has 0 atom stereocenters. The predicted octanol–water partition coefficient (Wildman–Crippen LogP) is 5.06. The van der Waals surface area contributed by atoms with Crippen molar-refractivity contribution in [2.45, 2.75) is 49.8 Å². The lowest BCUT2D eigenvalue weighted by Crippen LogP contribution is -2.49. The smallest absolute Gasteiger partial charge is 0.429 e. The highest BCUT2D eigenvalue weighted by Crippen LogP contribution is 2.33. The van der Waals surface area contributed by atoms with Gasteiger partial charge in [-0.05, 0) is 61.6 Å². The van der Waals surface area contributed by atoms with Crippen LogP contribution in [0, 0.1) is 0 Å². The largest absolute Gasteiger partial charge is 0.508 e. The van der Waals surface area contributed by atoms with E-state index >= 15 is 0 Å². The molecular formula is C32H40N4O6S. The molecule has 2 amide bonds. The van der Waals surface area contributed by atoms with Gasteiger partial charge in [0, 0.05) is 31.7 Å². The number of carbonyl (C=O) groups excluding carboxylic acids is 2. The SMILES string of the molecule is O=C(CCOC(=O)N(c1ccccc1-c1ccccc1)N1CCCCC1)NCCCCCNS(=O)(=O)c1ccc(O)cc1. The number of unbranched alkanes of at least 4 members (excludes halogenated alkanes) is 2. The first-order valence-corrected chi connectivity index (χ1v) is 16.2. The fourth-order valence-corrected chi connectivity index (χ4v) is 5.99. The minimum atomic E-state index is -3.63. The third-order valence-electron chi connectivity index (χ3n) is 7.17. The number of piperidine rings is 1. The Kier molecular flexibility index (Phi) is 12.0. The second kappa shape index (κ2) is 16.1. The van der Waals surface area contributed by atoms with E-state index in [0.717, 1.165) is 55.6 Å². The normalized spacial score (nSPS) is 13.8. The van der Waals surface area contributed by atoms with E-state index in [2.05, 4.69) is 10.0 Å². The molecule has 0 unspecified atom stereocenters. The van der Waals surface area contributed by atoms with Crippen molar-refractivity contribution >= 4 is 27.7 Å². The number of rotatable bonds is 14. The van der Waals surface area contributed by atoms with E-state index < -0.39 is 16.1 Å². The lowest BCUT2D eigenvalue weighted by atomic mass is 10.0. The number of carbonyl (C=O) groups is 2. The number of phenolic OH excluding ortho intramolecular Hbond substituents is 1. The van der Waals surface area contributed by atoms with E-state index in [4.69, 9.17) is 4.74 Å². The van der Waals surface area contributed by atoms with E-state index in [1.54, 1.807) is 5.01 Å². The first-order chi connectivity index (χ1) is 20.8. The summed E-state index contributed by atoms with van der Waals surface area (Å²) in [6, 6.07) is 23.0. The van der Waals surface area contributed by atoms with E-state index in [-0.39, 0.29) is 36.1 Å². The molecule has 0 radical (unpaired) electrons. The van der Waals surface area contributed by atoms with E-state index in [0.29, 0.717) is 19.4 Å². The molecule has 0 aliphatic carbocycles. The number of sulfonamides is 1. The molecule has 1 aliphatic heterocycles. The van der Waals surface area contributed by atoms with Crippen LogP contribution < -0.4 is 15.0 Å². The van der Waals surface area contributed by atoms with E-state index in [1.165, 1.54) is 24.3 Å². The van der Waals surface area contributed by atoms with Gasteiger partial charge in [0.05, 0.1) is 17.0 Å². The summed E-state index contributed by atoms with van der Waals surface area (Å²) in [5.74, 6) is -0.210. The molecule has 11 heteroatoms. The van der Waals surface area contributed by atoms with Crippen LogP contribution >= 0.6 is 0 Å². The maximum absolute atomic E-state index is 13.4. The first-order valence-electron chi connectivity index (χ1n) is 14.8. The Balaban J connectivity index is 1.20. The van der Waals surface area contributed by atoms with Crippen LogP contribution in [0.15, 0.2) is 83.8 Å². The van der Waals surface area contributed by atoms with E-state index in [9.17, 15) is 23.1 Å². The Morgan fingerprint density at radius 3 is 2.26 bits per heavy atom. The maximum Gasteiger partial charge on any atom is 0.429 e. The fraction of sp³-hybridized carbons (Fsp3) is 0.375. The number of anilines is 1. The fourth-order valence-electron chi connectivity index (χ4n) is 4.91. The Hall–Kier alpha value is -3.93. The minimum Gasteiger partial charge on any atom is -0.508 e. The highest BCUT2D eigenvalue weighted by atomic mass is 32.2. The molecule has 3 N–H and O–H groups in total. The van der Waals surface area contributed by atoms with Crippen molar-refractivity contribution in [2.24, 2.45) is 0 Å². The zero-order valence-electron chi connectivity index (χ0n) is 24.3. The number of hydrogen-bond acceptors (Lipinski definition) is 7. The quantitative estimate of drug-likeness (QED) is 0.218. The van der Waals surface area contributed by atoms with Crippen molar-refractivity contribution in [2.75, 3.05) is 37.8 Å². The summed E-state index contributed by atoms with van der Waals surface area (Å²) in [7, 11) is -3.63. The number of para-hydroxylation sites is 1. The van der Waals surface area contributed by atoms with Crippen LogP contribution in [-0.2, 0) is 19.6 Å². The van der Waals surface area contributed by atoms with Gasteiger partial charge >= 0.3 is 6.09 Å². The van der Waals surface area contributed by atoms with Crippen molar-refractivity contribution in [3.8, 4) is 16.9 Å². The Morgan fingerprint density at radius 2 is 1.51 bits per heavy atom. The van der Waals surface area contributed by atoms with Crippen LogP contribution in [-0.4, -0.2) is 63.3 Å². The third-order valence-corrected chi connectivity index (χ3v) is 8.65. The minimum absolute atomic E-state index is 0.00296. The van der Waals surface area contributed by atoms with Crippen LogP contribution in [0.25, 0.3) is 11.1 Å². The standard InChI is InChI=1S/C32H40N4O6S/c37-27-16-18-28(19-17-27)43(40,41)34-22-9-2-8-21-33-31(38)20-25-42-32(39)36(35-23-10-3-11-24-35)30-15-7-6-14-29(30)26-12-4-1-5-13-26/h1,4-7,12-19,34,37H,2-3,8-11,20-25H2,(H,33,38). The van der Waals surface area contributed by atoms with Crippen LogP contribution in [0.1, 0.15) is 44.9 Å². The van der Waals surface area contributed by atoms with Gasteiger partial charge in [0.2, 0.25) is 15.9 Å². The molecule has 3 aromatic carbocycles. The van der Waals surface area contributed by atoms with Gasteiger partial charge in [-0.2, -0.15) is 0 Å². The molecule has 1 aliphatic rings. The summed E-state index contributed by atoms with van der Waals surface area (Å²) in [6.45, 7) is 2.17. The molecule has 0 aromatic heterocycles. The average Bonchev–Trinajstić information content (AvgIpc) is 3.02. The number of benzene rings is 3. The number of hydrazine groups is 1. The van der Waals surface area contributed by atoms with Gasteiger partial charge in [0.15, 0.2) is 0 Å². The van der Waals surface area contributed by atoms with Crippen LogP contribution in [0.3, 0.4) is 0 Å². The summed E-state index contributed by atoms with van der Waals surface area (Å²) in [6.07, 6.45) is 4.66. The predicted molar refractivity (Wildman–Crippen MR) is 166 cm³/mol. The molecule has 1 heterocycles. The molecule has 0 spiro atoms. The topological polar surface area (TPSA) is 128 Å². The average molecular weight is 609 g/mol. The molecule has 0 saturated carbocycles. The monoisotopic (exact) mass is 608 g/mol. The van der Waals surface area contributed by atoms with Crippen molar-refractivity contribution < 1.29 is 27.9 Å². The highest BCUT2D eigenvalue weighted by Gasteiger charge is 2.28. The summed E-state index contributed by atoms with van der Waals surface area (Å²) in [4.78, 5) is 25.9. The molecule has 0 bridgehead atoms. The Labute approximate surface area is 253 Å². The molecule has 230 valence electrons. The number of ether oxygens (including phenoxy) is 1. The second-order valence-corrected chi connectivity index (χ2v) is 12.1. The second-order valence-electron chi connectivity index (χ2n) is 10.4. The lowest BCUT2D eigenvalue weighted by molar-refractivity contribution is -0.121. The molecule has 1 saturated heterocycles. The van der Waals surface area contributed by atoms with Gasteiger partial charge in [0.25, 0.3) is 0 Å². The van der Waals surface area contributed by atoms with Crippen molar-refractivity contribution in [3.05, 3.63) is 78.9 Å². The van der Waals surface area contributed by atoms with Gasteiger partial charge in [0.1, 0.15) is 12.4 Å². The molecule has 43 heavy (non-hydrogen) atoms. The van der Waals surface area contributed by atoms with Crippen molar-refractivity contribution in [1.29, 1.82) is 0 Å². The van der Waals surface area contributed by atoms with E-state index in [1.807, 2.05) is 59.6 Å². The summed E-state index contributed by atoms with van der Waals surface area (Å²) < 4.78 is 32.7. The van der Waals surface area contributed by atoms with Crippen LogP contribution in [0.4, 0.5) is 10.5 Å². The number of amides is 2. The Morgan fingerprint density at radius 1 is 0.837 bits per heavy atom. The molecule has 4 rings (SSSR count). The summed E-state index contributed by atoms with van der Waals surface area (Å²) in [5.41, 5.74) is 2.67. The maximum atomic E-state index is 13.4. The van der Waals surface area contributed by atoms with Crippen molar-refractivity contribution in [3.63, 3.8) is 0 Å². The highest BCUT2D eigenvalue weighted by molar-refractivity contribution is 7.89. The van der Waals surface area contributed by atoms with Crippen molar-refractivity contribution in [1.82, 2.24) is 15.0 Å². The molecule has 10 nitrogen and oxygen atoms in total. The summed E-state index contributed by atoms with van der Waals surface area (Å²) in [5, 5.41) is 15.8. The lowest BCUT2D eigenvalue weighted by Gasteiger charge is -2.37. The van der Waals surface area contributed by atoms with Crippen LogP contribution in [0.2, 0.25) is 0 Å². The number of nitrogens with zero attached hydrogens (tertiary/aromatic N) is 2. The number of aromatic hydroxyl groups is 1. The zero-order chi connectivity index (χ0) is 30.5. The number of hydrogen-bond donors (Lipinski definition) is 3. The number of phenols is 1. The molecular weight excluding hydrogens is 568 g/mol. The van der Waals surface area contributed by atoms with Gasteiger partial charge in [-0.3, -0.25) is 4.79 Å². The Bertz CT molecular complexity index is 1430. The van der Waals surface area contributed by atoms with Crippen LogP contribution in [0.5, 0.6) is 5.75 Å². The zero-order valence-corrected chi connectivity index (χ0v) is 25.1. The summed E-state index contributed by atoms with van der Waals surface area (Å²) >= 11 is 0. The first kappa shape index (κ1) is 32.0. The van der Waals surface area contributed by atoms with Gasteiger partial charge < -0.3 is 15.2 Å². The molecule has 1 fully saturated rings. The van der Waals surface area contributed by atoms with Gasteiger partial charge in [-0.15, -0.1) is 0 Å². The number of nitrogens with one attached hydrogen (secondary N) is 2.